The van der Waals surface area contributed by atoms with Crippen molar-refractivity contribution in [1.82, 2.24) is 4.57 Å². The average molecular weight is 211 g/mol. The molecule has 2 atom stereocenters. The monoisotopic (exact) mass is 211 g/mol. The van der Waals surface area contributed by atoms with Crippen LogP contribution in [0.5, 0.6) is 0 Å². The number of hydrogen-bond acceptors (Lipinski definition) is 3. The van der Waals surface area contributed by atoms with Crippen LogP contribution in [0.4, 0.5) is 0 Å². The summed E-state index contributed by atoms with van der Waals surface area (Å²) in [6.07, 6.45) is -0.776. The van der Waals surface area contributed by atoms with E-state index in [1.54, 1.807) is 11.5 Å². The van der Waals surface area contributed by atoms with Gasteiger partial charge in [0.1, 0.15) is 0 Å². The molecule has 1 N–H and O–H groups in total. The molecule has 4 nitrogen and oxygen atoms in total. The highest BCUT2D eigenvalue weighted by Gasteiger charge is 2.28. The van der Waals surface area contributed by atoms with Gasteiger partial charge < -0.3 is 14.4 Å². The lowest BCUT2D eigenvalue weighted by Gasteiger charge is -2.22. The standard InChI is InChI=1S/C11H17NO3/c1-7-5-6-8(2)12(7)10(9(3)13)11(14)15-4/h5-6,9-10,13H,1-4H3/t9-,10+/m1/s1. The Morgan fingerprint density at radius 2 is 1.87 bits per heavy atom. The van der Waals surface area contributed by atoms with Gasteiger partial charge in [0.25, 0.3) is 0 Å². The van der Waals surface area contributed by atoms with Gasteiger partial charge in [-0.25, -0.2) is 4.79 Å². The molecule has 0 aliphatic carbocycles. The highest BCUT2D eigenvalue weighted by Crippen LogP contribution is 2.20. The Bertz CT molecular complexity index is 335. The van der Waals surface area contributed by atoms with Crippen molar-refractivity contribution in [3.8, 4) is 0 Å². The number of aliphatic hydroxyl groups excluding tert-OH is 1. The van der Waals surface area contributed by atoms with Crippen molar-refractivity contribution in [3.05, 3.63) is 23.5 Å². The summed E-state index contributed by atoms with van der Waals surface area (Å²) in [7, 11) is 1.33. The highest BCUT2D eigenvalue weighted by molar-refractivity contribution is 5.75. The van der Waals surface area contributed by atoms with Crippen molar-refractivity contribution in [2.45, 2.75) is 32.9 Å². The number of rotatable bonds is 3. The molecule has 15 heavy (non-hydrogen) atoms. The Hall–Kier alpha value is -1.29. The molecule has 0 unspecified atom stereocenters. The second kappa shape index (κ2) is 4.49. The van der Waals surface area contributed by atoms with Crippen LogP contribution in [0, 0.1) is 13.8 Å². The molecule has 84 valence electrons. The Labute approximate surface area is 89.5 Å². The molecule has 0 aromatic carbocycles. The third kappa shape index (κ3) is 2.21. The Morgan fingerprint density at radius 1 is 1.40 bits per heavy atom. The van der Waals surface area contributed by atoms with Gasteiger partial charge in [0.05, 0.1) is 13.2 Å². The minimum atomic E-state index is -0.776. The van der Waals surface area contributed by atoms with E-state index in [9.17, 15) is 9.90 Å². The molecule has 1 rings (SSSR count). The topological polar surface area (TPSA) is 51.5 Å². The van der Waals surface area contributed by atoms with E-state index in [1.807, 2.05) is 26.0 Å². The van der Waals surface area contributed by atoms with Gasteiger partial charge >= 0.3 is 5.97 Å². The van der Waals surface area contributed by atoms with Crippen molar-refractivity contribution < 1.29 is 14.6 Å². The fraction of sp³-hybridized carbons (Fsp3) is 0.545. The number of hydrogen-bond donors (Lipinski definition) is 1. The SMILES string of the molecule is COC(=O)[C@H]([C@@H](C)O)n1c(C)ccc1C. The van der Waals surface area contributed by atoms with E-state index in [0.29, 0.717) is 0 Å². The Morgan fingerprint density at radius 3 is 2.20 bits per heavy atom. The van der Waals surface area contributed by atoms with Gasteiger partial charge in [-0.1, -0.05) is 0 Å². The number of ether oxygens (including phenoxy) is 1. The van der Waals surface area contributed by atoms with Gasteiger partial charge in [0.15, 0.2) is 6.04 Å². The molecule has 1 aromatic heterocycles. The van der Waals surface area contributed by atoms with E-state index in [1.165, 1.54) is 7.11 Å². The van der Waals surface area contributed by atoms with Crippen molar-refractivity contribution in [2.24, 2.45) is 0 Å². The minimum Gasteiger partial charge on any atom is -0.467 e. The number of methoxy groups -OCH3 is 1. The third-order valence-electron chi connectivity index (χ3n) is 2.50. The Balaban J connectivity index is 3.15. The van der Waals surface area contributed by atoms with Crippen molar-refractivity contribution in [3.63, 3.8) is 0 Å². The third-order valence-corrected chi connectivity index (χ3v) is 2.50. The minimum absolute atomic E-state index is 0.424. The summed E-state index contributed by atoms with van der Waals surface area (Å²) < 4.78 is 6.48. The zero-order valence-electron chi connectivity index (χ0n) is 9.52. The fourth-order valence-electron chi connectivity index (χ4n) is 1.76. The van der Waals surface area contributed by atoms with Gasteiger partial charge in [-0.2, -0.15) is 0 Å². The maximum atomic E-state index is 11.6. The summed E-state index contributed by atoms with van der Waals surface area (Å²) in [6, 6.07) is 3.16. The van der Waals surface area contributed by atoms with E-state index in [4.69, 9.17) is 0 Å². The molecular weight excluding hydrogens is 194 g/mol. The van der Waals surface area contributed by atoms with Gasteiger partial charge in [-0.3, -0.25) is 0 Å². The molecule has 0 aliphatic heterocycles. The molecule has 0 fully saturated rings. The molecular formula is C11H17NO3. The first-order chi connectivity index (χ1) is 6.99. The molecule has 0 amide bonds. The van der Waals surface area contributed by atoms with Crippen LogP contribution < -0.4 is 0 Å². The first-order valence-corrected chi connectivity index (χ1v) is 4.89. The first-order valence-electron chi connectivity index (χ1n) is 4.89. The second-order valence-electron chi connectivity index (χ2n) is 3.69. The Kier molecular flexibility index (Phi) is 3.52. The molecule has 0 saturated carbocycles. The molecule has 1 heterocycles. The number of aryl methyl sites for hydroxylation is 2. The molecule has 4 heteroatoms. The molecule has 0 aliphatic rings. The summed E-state index contributed by atoms with van der Waals surface area (Å²) in [5.41, 5.74) is 1.87. The van der Waals surface area contributed by atoms with Gasteiger partial charge in [0.2, 0.25) is 0 Å². The maximum Gasteiger partial charge on any atom is 0.331 e. The summed E-state index contributed by atoms with van der Waals surface area (Å²) in [6.45, 7) is 5.37. The molecule has 0 spiro atoms. The quantitative estimate of drug-likeness (QED) is 0.764. The van der Waals surface area contributed by atoms with Crippen LogP contribution in [-0.2, 0) is 9.53 Å². The largest absolute Gasteiger partial charge is 0.467 e. The van der Waals surface area contributed by atoms with Crippen molar-refractivity contribution >= 4 is 5.97 Å². The number of aromatic nitrogens is 1. The van der Waals surface area contributed by atoms with Gasteiger partial charge in [-0.05, 0) is 32.9 Å². The number of esters is 1. The van der Waals surface area contributed by atoms with Crippen LogP contribution >= 0.6 is 0 Å². The zero-order chi connectivity index (χ0) is 11.6. The molecule has 0 radical (unpaired) electrons. The highest BCUT2D eigenvalue weighted by atomic mass is 16.5. The van der Waals surface area contributed by atoms with Crippen LogP contribution in [0.1, 0.15) is 24.4 Å². The van der Waals surface area contributed by atoms with Crippen LogP contribution in [0.2, 0.25) is 0 Å². The number of carbonyl (C=O) groups excluding carboxylic acids is 1. The fourth-order valence-corrected chi connectivity index (χ4v) is 1.76. The van der Waals surface area contributed by atoms with E-state index in [2.05, 4.69) is 4.74 Å². The van der Waals surface area contributed by atoms with Crippen molar-refractivity contribution in [2.75, 3.05) is 7.11 Å². The number of aliphatic hydroxyl groups is 1. The summed E-state index contributed by atoms with van der Waals surface area (Å²) in [5.74, 6) is -0.424. The van der Waals surface area contributed by atoms with E-state index >= 15 is 0 Å². The second-order valence-corrected chi connectivity index (χ2v) is 3.69. The smallest absolute Gasteiger partial charge is 0.331 e. The van der Waals surface area contributed by atoms with E-state index in [-0.39, 0.29) is 0 Å². The van der Waals surface area contributed by atoms with Gasteiger partial charge in [-0.15, -0.1) is 0 Å². The maximum absolute atomic E-state index is 11.6. The summed E-state index contributed by atoms with van der Waals surface area (Å²) in [4.78, 5) is 11.6. The summed E-state index contributed by atoms with van der Waals surface area (Å²) in [5, 5.41) is 9.61. The predicted molar refractivity (Wildman–Crippen MR) is 56.6 cm³/mol. The zero-order valence-corrected chi connectivity index (χ0v) is 9.52. The lowest BCUT2D eigenvalue weighted by atomic mass is 10.1. The lowest BCUT2D eigenvalue weighted by Crippen LogP contribution is -2.31. The first kappa shape index (κ1) is 11.8. The number of carbonyl (C=O) groups is 1. The van der Waals surface area contributed by atoms with E-state index in [0.717, 1.165) is 11.4 Å². The lowest BCUT2D eigenvalue weighted by molar-refractivity contribution is -0.148. The average Bonchev–Trinajstić information content (AvgIpc) is 2.49. The van der Waals surface area contributed by atoms with E-state index < -0.39 is 18.1 Å². The van der Waals surface area contributed by atoms with Crippen LogP contribution in [0.15, 0.2) is 12.1 Å². The van der Waals surface area contributed by atoms with Crippen LogP contribution in [0.25, 0.3) is 0 Å². The van der Waals surface area contributed by atoms with Crippen molar-refractivity contribution in [1.29, 1.82) is 0 Å². The summed E-state index contributed by atoms with van der Waals surface area (Å²) >= 11 is 0. The number of nitrogens with zero attached hydrogens (tertiary/aromatic N) is 1. The van der Waals surface area contributed by atoms with Crippen LogP contribution in [-0.4, -0.2) is 28.9 Å². The predicted octanol–water partition coefficient (Wildman–Crippen LogP) is 1.20. The molecule has 1 aromatic rings. The van der Waals surface area contributed by atoms with Gasteiger partial charge in [0, 0.05) is 11.4 Å². The molecule has 0 bridgehead atoms. The van der Waals surface area contributed by atoms with Crippen LogP contribution in [0.3, 0.4) is 0 Å². The molecule has 0 saturated heterocycles. The normalized spacial score (nSPS) is 14.7.